The van der Waals surface area contributed by atoms with Crippen LogP contribution in [0.5, 0.6) is 0 Å². The summed E-state index contributed by atoms with van der Waals surface area (Å²) in [7, 11) is 0. The van der Waals surface area contributed by atoms with Gasteiger partial charge in [0.1, 0.15) is 0 Å². The van der Waals surface area contributed by atoms with Gasteiger partial charge in [-0.05, 0) is 36.2 Å². The minimum atomic E-state index is -0.363. The number of imide groups is 1. The molecule has 1 aromatic heterocycles. The molecule has 3 amide bonds. The van der Waals surface area contributed by atoms with Crippen molar-refractivity contribution in [3.63, 3.8) is 0 Å². The van der Waals surface area contributed by atoms with Gasteiger partial charge in [-0.1, -0.05) is 37.3 Å². The van der Waals surface area contributed by atoms with Crippen molar-refractivity contribution < 1.29 is 14.4 Å². The first-order chi connectivity index (χ1) is 14.5. The molecule has 2 aromatic carbocycles. The fraction of sp³-hybridized carbons (Fsp3) is 0.227. The number of aromatic nitrogens is 3. The third-order valence-electron chi connectivity index (χ3n) is 4.98. The molecule has 0 unspecified atom stereocenters. The molecule has 0 atom stereocenters. The molecule has 8 nitrogen and oxygen atoms in total. The molecule has 0 fully saturated rings. The zero-order valence-electron chi connectivity index (χ0n) is 16.7. The monoisotopic (exact) mass is 403 g/mol. The van der Waals surface area contributed by atoms with Gasteiger partial charge in [0, 0.05) is 18.7 Å². The highest BCUT2D eigenvalue weighted by Gasteiger charge is 2.34. The molecule has 1 aliphatic heterocycles. The summed E-state index contributed by atoms with van der Waals surface area (Å²) in [6.45, 7) is 4.14. The Hall–Kier alpha value is -3.81. The topological polar surface area (TPSA) is 97.2 Å². The number of fused-ring (bicyclic) bond motifs is 1. The molecule has 152 valence electrons. The van der Waals surface area contributed by atoms with Crippen molar-refractivity contribution in [2.75, 3.05) is 11.9 Å². The van der Waals surface area contributed by atoms with E-state index in [0.717, 1.165) is 16.3 Å². The first kappa shape index (κ1) is 19.5. The largest absolute Gasteiger partial charge is 0.326 e. The normalized spacial score (nSPS) is 13.1. The van der Waals surface area contributed by atoms with Gasteiger partial charge in [-0.2, -0.15) is 0 Å². The number of carbonyl (C=O) groups excluding carboxylic acids is 3. The van der Waals surface area contributed by atoms with Crippen LogP contribution in [0.15, 0.2) is 54.7 Å². The van der Waals surface area contributed by atoms with Gasteiger partial charge < -0.3 is 5.32 Å². The van der Waals surface area contributed by atoms with Crippen LogP contribution < -0.4 is 5.32 Å². The Labute approximate surface area is 173 Å². The lowest BCUT2D eigenvalue weighted by Gasteiger charge is -2.14. The minimum absolute atomic E-state index is 0.0102. The molecule has 0 saturated carbocycles. The quantitative estimate of drug-likeness (QED) is 0.638. The van der Waals surface area contributed by atoms with Gasteiger partial charge in [0.25, 0.3) is 11.8 Å². The first-order valence-corrected chi connectivity index (χ1v) is 9.72. The van der Waals surface area contributed by atoms with E-state index in [1.807, 2.05) is 12.1 Å². The maximum Gasteiger partial charge on any atom is 0.261 e. The van der Waals surface area contributed by atoms with Crippen molar-refractivity contribution in [1.82, 2.24) is 19.9 Å². The van der Waals surface area contributed by atoms with Gasteiger partial charge in [0.05, 0.1) is 28.7 Å². The maximum absolute atomic E-state index is 12.4. The molecular formula is C22H21N5O3. The summed E-state index contributed by atoms with van der Waals surface area (Å²) in [5.41, 5.74) is 3.11. The van der Waals surface area contributed by atoms with Crippen molar-refractivity contribution in [3.8, 4) is 5.69 Å². The van der Waals surface area contributed by atoms with E-state index in [4.69, 9.17) is 0 Å². The maximum atomic E-state index is 12.4. The van der Waals surface area contributed by atoms with Crippen molar-refractivity contribution in [3.05, 3.63) is 71.5 Å². The Morgan fingerprint density at radius 2 is 1.73 bits per heavy atom. The van der Waals surface area contributed by atoms with Gasteiger partial charge in [-0.15, -0.1) is 5.10 Å². The fourth-order valence-corrected chi connectivity index (χ4v) is 3.43. The molecule has 3 aromatic rings. The molecule has 0 bridgehead atoms. The van der Waals surface area contributed by atoms with Crippen molar-refractivity contribution in [2.24, 2.45) is 0 Å². The molecule has 0 aliphatic carbocycles. The van der Waals surface area contributed by atoms with Crippen LogP contribution in [-0.4, -0.2) is 44.2 Å². The van der Waals surface area contributed by atoms with Gasteiger partial charge in [0.15, 0.2) is 0 Å². The van der Waals surface area contributed by atoms with Crippen LogP contribution in [0.25, 0.3) is 5.69 Å². The van der Waals surface area contributed by atoms with Gasteiger partial charge >= 0.3 is 0 Å². The summed E-state index contributed by atoms with van der Waals surface area (Å²) in [4.78, 5) is 38.3. The number of anilines is 1. The number of carbonyl (C=O) groups is 3. The number of benzene rings is 2. The summed E-state index contributed by atoms with van der Waals surface area (Å²) in [6, 6.07) is 14.0. The number of rotatable bonds is 6. The molecular weight excluding hydrogens is 382 g/mol. The standard InChI is InChI=1S/C22H21N5O3/c1-14(2)19-13-23-25-27(19)16-7-5-6-15(12-16)24-20(28)10-11-26-21(29)17-8-3-4-9-18(17)22(26)30/h3-9,12-14H,10-11H2,1-2H3,(H,24,28). The number of hydrogen-bond donors (Lipinski definition) is 1. The Balaban J connectivity index is 1.41. The second-order valence-electron chi connectivity index (χ2n) is 7.38. The Kier molecular flexibility index (Phi) is 5.14. The Morgan fingerprint density at radius 1 is 1.03 bits per heavy atom. The average molecular weight is 403 g/mol. The molecule has 30 heavy (non-hydrogen) atoms. The SMILES string of the molecule is CC(C)c1cnnn1-c1cccc(NC(=O)CCN2C(=O)c3ccccc3C2=O)c1. The van der Waals surface area contributed by atoms with Crippen LogP contribution in [-0.2, 0) is 4.79 Å². The van der Waals surface area contributed by atoms with E-state index >= 15 is 0 Å². The van der Waals surface area contributed by atoms with Crippen LogP contribution in [0.2, 0.25) is 0 Å². The van der Waals surface area contributed by atoms with Crippen LogP contribution in [0.3, 0.4) is 0 Å². The lowest BCUT2D eigenvalue weighted by atomic mass is 10.1. The zero-order valence-corrected chi connectivity index (χ0v) is 16.7. The Bertz CT molecular complexity index is 1100. The molecule has 8 heteroatoms. The van der Waals surface area contributed by atoms with Crippen molar-refractivity contribution in [2.45, 2.75) is 26.2 Å². The summed E-state index contributed by atoms with van der Waals surface area (Å²) in [6.07, 6.45) is 1.73. The molecule has 0 radical (unpaired) electrons. The number of hydrogen-bond acceptors (Lipinski definition) is 5. The third-order valence-corrected chi connectivity index (χ3v) is 4.98. The predicted octanol–water partition coefficient (Wildman–Crippen LogP) is 3.02. The van der Waals surface area contributed by atoms with E-state index in [2.05, 4.69) is 29.5 Å². The van der Waals surface area contributed by atoms with Crippen molar-refractivity contribution in [1.29, 1.82) is 0 Å². The van der Waals surface area contributed by atoms with Gasteiger partial charge in [0.2, 0.25) is 5.91 Å². The van der Waals surface area contributed by atoms with Gasteiger partial charge in [-0.3, -0.25) is 19.3 Å². The summed E-state index contributed by atoms with van der Waals surface area (Å²) >= 11 is 0. The van der Waals surface area contributed by atoms with E-state index in [1.165, 1.54) is 0 Å². The van der Waals surface area contributed by atoms with E-state index in [0.29, 0.717) is 16.8 Å². The molecule has 4 rings (SSSR count). The summed E-state index contributed by atoms with van der Waals surface area (Å²) < 4.78 is 1.74. The fourth-order valence-electron chi connectivity index (χ4n) is 3.43. The second kappa shape index (κ2) is 7.90. The van der Waals surface area contributed by atoms with E-state index in [1.54, 1.807) is 47.3 Å². The van der Waals surface area contributed by atoms with Crippen LogP contribution >= 0.6 is 0 Å². The van der Waals surface area contributed by atoms with E-state index in [9.17, 15) is 14.4 Å². The molecule has 0 spiro atoms. The lowest BCUT2D eigenvalue weighted by Crippen LogP contribution is -2.32. The van der Waals surface area contributed by atoms with Gasteiger partial charge in [-0.25, -0.2) is 4.68 Å². The summed E-state index contributed by atoms with van der Waals surface area (Å²) in [5.74, 6) is -0.764. The van der Waals surface area contributed by atoms with Crippen molar-refractivity contribution >= 4 is 23.4 Å². The number of nitrogens with zero attached hydrogens (tertiary/aromatic N) is 4. The van der Waals surface area contributed by atoms with Crippen LogP contribution in [0.1, 0.15) is 52.6 Å². The highest BCUT2D eigenvalue weighted by Crippen LogP contribution is 2.23. The number of nitrogens with one attached hydrogen (secondary N) is 1. The second-order valence-corrected chi connectivity index (χ2v) is 7.38. The molecule has 1 N–H and O–H groups in total. The van der Waals surface area contributed by atoms with Crippen LogP contribution in [0.4, 0.5) is 5.69 Å². The first-order valence-electron chi connectivity index (χ1n) is 9.72. The predicted molar refractivity (Wildman–Crippen MR) is 111 cm³/mol. The smallest absolute Gasteiger partial charge is 0.261 e. The van der Waals surface area contributed by atoms with E-state index in [-0.39, 0.29) is 36.6 Å². The summed E-state index contributed by atoms with van der Waals surface area (Å²) in [5, 5.41) is 10.9. The molecule has 2 heterocycles. The minimum Gasteiger partial charge on any atom is -0.326 e. The molecule has 1 aliphatic rings. The van der Waals surface area contributed by atoms with E-state index < -0.39 is 0 Å². The highest BCUT2D eigenvalue weighted by atomic mass is 16.2. The zero-order chi connectivity index (χ0) is 21.3. The van der Waals surface area contributed by atoms with Crippen LogP contribution in [0, 0.1) is 0 Å². The number of amides is 3. The lowest BCUT2D eigenvalue weighted by molar-refractivity contribution is -0.116. The molecule has 0 saturated heterocycles. The third kappa shape index (κ3) is 3.59. The highest BCUT2D eigenvalue weighted by molar-refractivity contribution is 6.21. The Morgan fingerprint density at radius 3 is 2.40 bits per heavy atom. The average Bonchev–Trinajstić information content (AvgIpc) is 3.32.